The highest BCUT2D eigenvalue weighted by Gasteiger charge is 2.35. The zero-order chi connectivity index (χ0) is 13.7. The summed E-state index contributed by atoms with van der Waals surface area (Å²) in [6.45, 7) is 1.80. The summed E-state index contributed by atoms with van der Waals surface area (Å²) < 4.78 is 10.9. The van der Waals surface area contributed by atoms with Crippen LogP contribution in [0.1, 0.15) is 38.5 Å². The van der Waals surface area contributed by atoms with E-state index < -0.39 is 0 Å². The number of nitrogens with one attached hydrogen (secondary N) is 1. The van der Waals surface area contributed by atoms with Crippen molar-refractivity contribution in [2.24, 2.45) is 11.7 Å². The Labute approximate surface area is 115 Å². The van der Waals surface area contributed by atoms with Crippen molar-refractivity contribution in [1.82, 2.24) is 5.32 Å². The molecule has 3 atom stereocenters. The van der Waals surface area contributed by atoms with Crippen molar-refractivity contribution in [1.29, 1.82) is 0 Å². The molecular weight excluding hydrogens is 244 g/mol. The van der Waals surface area contributed by atoms with Gasteiger partial charge in [-0.3, -0.25) is 4.79 Å². The highest BCUT2D eigenvalue weighted by molar-refractivity contribution is 5.76. The Balaban J connectivity index is 1.74. The van der Waals surface area contributed by atoms with E-state index in [9.17, 15) is 4.79 Å². The molecule has 3 N–H and O–H groups in total. The lowest BCUT2D eigenvalue weighted by molar-refractivity contribution is -0.124. The van der Waals surface area contributed by atoms with Gasteiger partial charge in [0.05, 0.1) is 6.61 Å². The van der Waals surface area contributed by atoms with Crippen molar-refractivity contribution in [3.8, 4) is 0 Å². The van der Waals surface area contributed by atoms with E-state index in [0.29, 0.717) is 32.1 Å². The summed E-state index contributed by atoms with van der Waals surface area (Å²) in [4.78, 5) is 12.0. The quantitative estimate of drug-likeness (QED) is 0.775. The molecule has 1 saturated carbocycles. The van der Waals surface area contributed by atoms with E-state index in [1.54, 1.807) is 7.11 Å². The number of amides is 1. The highest BCUT2D eigenvalue weighted by atomic mass is 16.5. The van der Waals surface area contributed by atoms with E-state index in [1.165, 1.54) is 12.8 Å². The average molecular weight is 270 g/mol. The largest absolute Gasteiger partial charge is 0.378 e. The summed E-state index contributed by atoms with van der Waals surface area (Å²) >= 11 is 0. The van der Waals surface area contributed by atoms with Gasteiger partial charge in [0.1, 0.15) is 5.60 Å². The Bertz CT molecular complexity index is 303. The van der Waals surface area contributed by atoms with Gasteiger partial charge < -0.3 is 20.5 Å². The summed E-state index contributed by atoms with van der Waals surface area (Å²) in [5.41, 5.74) is 5.74. The minimum Gasteiger partial charge on any atom is -0.378 e. The number of hydrogen-bond donors (Lipinski definition) is 2. The first-order valence-electron chi connectivity index (χ1n) is 7.30. The molecule has 0 aromatic rings. The van der Waals surface area contributed by atoms with Crippen molar-refractivity contribution >= 4 is 5.91 Å². The molecule has 0 aromatic carbocycles. The number of methoxy groups -OCH3 is 1. The van der Waals surface area contributed by atoms with Gasteiger partial charge in [0.25, 0.3) is 0 Å². The third-order valence-corrected chi connectivity index (χ3v) is 4.52. The fourth-order valence-corrected chi connectivity index (χ4v) is 3.02. The molecule has 2 aliphatic rings. The van der Waals surface area contributed by atoms with E-state index in [-0.39, 0.29) is 17.6 Å². The minimum absolute atomic E-state index is 0.0886. The first-order valence-corrected chi connectivity index (χ1v) is 7.30. The molecule has 110 valence electrons. The molecule has 5 heteroatoms. The van der Waals surface area contributed by atoms with Crippen LogP contribution in [0, 0.1) is 5.92 Å². The predicted octanol–water partition coefficient (Wildman–Crippen LogP) is 0.816. The molecule has 1 saturated heterocycles. The highest BCUT2D eigenvalue weighted by Crippen LogP contribution is 2.26. The molecule has 5 nitrogen and oxygen atoms in total. The zero-order valence-corrected chi connectivity index (χ0v) is 11.8. The Hall–Kier alpha value is -0.650. The summed E-state index contributed by atoms with van der Waals surface area (Å²) in [5.74, 6) is 0.428. The Morgan fingerprint density at radius 2 is 2.26 bits per heavy atom. The molecular formula is C14H26N2O3. The normalized spacial score (nSPS) is 35.3. The molecule has 1 aliphatic heterocycles. The van der Waals surface area contributed by atoms with Crippen LogP contribution in [0.15, 0.2) is 0 Å². The standard InChI is InChI=1S/C14H26N2O3/c1-18-14(6-7-19-10-14)9-16-13(17)8-11-4-2-3-5-12(11)15/h11-12H,2-10,15H2,1H3,(H,16,17). The number of carbonyl (C=O) groups excluding carboxylic acids is 1. The maximum absolute atomic E-state index is 12.0. The second-order valence-electron chi connectivity index (χ2n) is 5.88. The Morgan fingerprint density at radius 1 is 1.47 bits per heavy atom. The molecule has 1 aliphatic carbocycles. The fraction of sp³-hybridized carbons (Fsp3) is 0.929. The SMILES string of the molecule is COC1(CNC(=O)CC2CCCCC2N)CCOC1. The lowest BCUT2D eigenvalue weighted by Gasteiger charge is -2.29. The Kier molecular flexibility index (Phi) is 5.19. The molecule has 0 bridgehead atoms. The summed E-state index contributed by atoms with van der Waals surface area (Å²) in [6.07, 6.45) is 5.90. The monoisotopic (exact) mass is 270 g/mol. The lowest BCUT2D eigenvalue weighted by Crippen LogP contribution is -2.46. The van der Waals surface area contributed by atoms with E-state index in [0.717, 1.165) is 19.3 Å². The molecule has 3 unspecified atom stereocenters. The van der Waals surface area contributed by atoms with Gasteiger partial charge >= 0.3 is 0 Å². The lowest BCUT2D eigenvalue weighted by atomic mass is 9.83. The fourth-order valence-electron chi connectivity index (χ4n) is 3.02. The van der Waals surface area contributed by atoms with Gasteiger partial charge in [-0.25, -0.2) is 0 Å². The molecule has 2 fully saturated rings. The van der Waals surface area contributed by atoms with Gasteiger partial charge in [0.15, 0.2) is 0 Å². The molecule has 0 radical (unpaired) electrons. The van der Waals surface area contributed by atoms with Crippen LogP contribution in [0.25, 0.3) is 0 Å². The van der Waals surface area contributed by atoms with E-state index >= 15 is 0 Å². The van der Waals surface area contributed by atoms with Gasteiger partial charge in [-0.05, 0) is 18.8 Å². The molecule has 1 heterocycles. The van der Waals surface area contributed by atoms with Gasteiger partial charge in [-0.1, -0.05) is 12.8 Å². The minimum atomic E-state index is -0.329. The van der Waals surface area contributed by atoms with Gasteiger partial charge in [-0.2, -0.15) is 0 Å². The van der Waals surface area contributed by atoms with Crippen molar-refractivity contribution in [2.75, 3.05) is 26.9 Å². The maximum atomic E-state index is 12.0. The van der Waals surface area contributed by atoms with Gasteiger partial charge in [-0.15, -0.1) is 0 Å². The van der Waals surface area contributed by atoms with Crippen LogP contribution < -0.4 is 11.1 Å². The van der Waals surface area contributed by atoms with Gasteiger partial charge in [0, 0.05) is 39.1 Å². The number of rotatable bonds is 5. The molecule has 0 aromatic heterocycles. The van der Waals surface area contributed by atoms with Crippen molar-refractivity contribution in [2.45, 2.75) is 50.2 Å². The maximum Gasteiger partial charge on any atom is 0.220 e. The average Bonchev–Trinajstić information content (AvgIpc) is 2.89. The van der Waals surface area contributed by atoms with Crippen molar-refractivity contribution < 1.29 is 14.3 Å². The van der Waals surface area contributed by atoms with E-state index in [4.69, 9.17) is 15.2 Å². The third kappa shape index (κ3) is 3.91. The second-order valence-corrected chi connectivity index (χ2v) is 5.88. The number of carbonyl (C=O) groups is 1. The van der Waals surface area contributed by atoms with Crippen LogP contribution in [-0.4, -0.2) is 44.4 Å². The first kappa shape index (κ1) is 14.8. The molecule has 19 heavy (non-hydrogen) atoms. The van der Waals surface area contributed by atoms with Crippen LogP contribution in [0.2, 0.25) is 0 Å². The Morgan fingerprint density at radius 3 is 2.89 bits per heavy atom. The van der Waals surface area contributed by atoms with Crippen molar-refractivity contribution in [3.63, 3.8) is 0 Å². The third-order valence-electron chi connectivity index (χ3n) is 4.52. The first-order chi connectivity index (χ1) is 9.15. The van der Waals surface area contributed by atoms with Gasteiger partial charge in [0.2, 0.25) is 5.91 Å². The van der Waals surface area contributed by atoms with Crippen LogP contribution in [0.4, 0.5) is 0 Å². The van der Waals surface area contributed by atoms with Crippen molar-refractivity contribution in [3.05, 3.63) is 0 Å². The zero-order valence-electron chi connectivity index (χ0n) is 11.8. The topological polar surface area (TPSA) is 73.6 Å². The van der Waals surface area contributed by atoms with Crippen LogP contribution in [-0.2, 0) is 14.3 Å². The summed E-state index contributed by atoms with van der Waals surface area (Å²) in [6, 6.07) is 0.186. The van der Waals surface area contributed by atoms with Crippen LogP contribution >= 0.6 is 0 Å². The predicted molar refractivity (Wildman–Crippen MR) is 72.7 cm³/mol. The number of nitrogens with two attached hydrogens (primary N) is 1. The number of hydrogen-bond acceptors (Lipinski definition) is 4. The van der Waals surface area contributed by atoms with E-state index in [1.807, 2.05) is 0 Å². The molecule has 2 rings (SSSR count). The smallest absolute Gasteiger partial charge is 0.220 e. The summed E-state index contributed by atoms with van der Waals surface area (Å²) in [5, 5.41) is 2.98. The van der Waals surface area contributed by atoms with Crippen LogP contribution in [0.5, 0.6) is 0 Å². The summed E-state index contributed by atoms with van der Waals surface area (Å²) in [7, 11) is 1.68. The molecule has 0 spiro atoms. The van der Waals surface area contributed by atoms with E-state index in [2.05, 4.69) is 5.32 Å². The second kappa shape index (κ2) is 6.68. The molecule has 1 amide bonds. The van der Waals surface area contributed by atoms with Crippen LogP contribution in [0.3, 0.4) is 0 Å². The number of ether oxygens (including phenoxy) is 2.